The maximum Gasteiger partial charge on any atom is 0.264 e. The molecule has 6 heteroatoms. The van der Waals surface area contributed by atoms with Crippen LogP contribution < -0.4 is 0 Å². The van der Waals surface area contributed by atoms with Gasteiger partial charge in [0.25, 0.3) is 5.91 Å². The van der Waals surface area contributed by atoms with Crippen LogP contribution in [0.1, 0.15) is 28.1 Å². The monoisotopic (exact) mass is 358 g/mol. The minimum absolute atomic E-state index is 0.143. The molecule has 4 rings (SSSR count). The summed E-state index contributed by atoms with van der Waals surface area (Å²) in [5, 5.41) is 1.95. The lowest BCUT2D eigenvalue weighted by Crippen LogP contribution is -2.51. The number of amides is 1. The number of thiophene rings is 1. The Hall–Kier alpha value is -1.76. The second-order valence-corrected chi connectivity index (χ2v) is 7.61. The molecule has 0 spiro atoms. The average Bonchev–Trinajstić information content (AvgIpc) is 3.31. The van der Waals surface area contributed by atoms with Gasteiger partial charge in [-0.05, 0) is 41.8 Å². The van der Waals surface area contributed by atoms with E-state index in [1.54, 1.807) is 6.20 Å². The normalized spacial score (nSPS) is 25.8. The van der Waals surface area contributed by atoms with Crippen LogP contribution in [0.4, 0.5) is 0 Å². The summed E-state index contributed by atoms with van der Waals surface area (Å²) >= 11 is 1.51. The Kier molecular flexibility index (Phi) is 5.10. The van der Waals surface area contributed by atoms with Gasteiger partial charge in [0.15, 0.2) is 0 Å². The van der Waals surface area contributed by atoms with E-state index in [0.717, 1.165) is 23.3 Å². The smallest absolute Gasteiger partial charge is 0.264 e. The van der Waals surface area contributed by atoms with Gasteiger partial charge in [-0.3, -0.25) is 9.78 Å². The lowest BCUT2D eigenvalue weighted by Gasteiger charge is -2.37. The number of aromatic nitrogens is 1. The van der Waals surface area contributed by atoms with Crippen LogP contribution in [0.5, 0.6) is 0 Å². The summed E-state index contributed by atoms with van der Waals surface area (Å²) in [7, 11) is 0. The second kappa shape index (κ2) is 7.64. The van der Waals surface area contributed by atoms with Gasteiger partial charge in [-0.2, -0.15) is 0 Å². The number of nitrogens with zero attached hydrogens (tertiary/aromatic N) is 2. The Balaban J connectivity index is 1.33. The molecule has 1 aliphatic heterocycles. The average molecular weight is 358 g/mol. The van der Waals surface area contributed by atoms with Crippen molar-refractivity contribution in [2.75, 3.05) is 19.8 Å². The van der Waals surface area contributed by atoms with Gasteiger partial charge in [0.2, 0.25) is 0 Å². The van der Waals surface area contributed by atoms with Crippen LogP contribution in [0.25, 0.3) is 0 Å². The van der Waals surface area contributed by atoms with E-state index in [2.05, 4.69) is 4.98 Å². The summed E-state index contributed by atoms with van der Waals surface area (Å²) in [5.41, 5.74) is 1.09. The molecule has 0 N–H and O–H groups in total. The summed E-state index contributed by atoms with van der Waals surface area (Å²) in [6, 6.07) is 7.95. The molecule has 2 fully saturated rings. The maximum atomic E-state index is 12.8. The van der Waals surface area contributed by atoms with E-state index in [1.807, 2.05) is 40.7 Å². The van der Waals surface area contributed by atoms with Gasteiger partial charge in [-0.1, -0.05) is 12.1 Å². The molecule has 0 radical (unpaired) electrons. The largest absolute Gasteiger partial charge is 0.376 e. The molecule has 0 aromatic carbocycles. The predicted octanol–water partition coefficient (Wildman–Crippen LogP) is 2.98. The van der Waals surface area contributed by atoms with E-state index in [-0.39, 0.29) is 18.1 Å². The number of carbonyl (C=O) groups excluding carboxylic acids is 1. The highest BCUT2D eigenvalue weighted by molar-refractivity contribution is 7.12. The van der Waals surface area contributed by atoms with Crippen molar-refractivity contribution in [3.63, 3.8) is 0 Å². The molecule has 0 unspecified atom stereocenters. The number of rotatable bonds is 5. The summed E-state index contributed by atoms with van der Waals surface area (Å²) in [6.45, 7) is 2.59. The van der Waals surface area contributed by atoms with Gasteiger partial charge < -0.3 is 14.4 Å². The molecule has 2 aromatic heterocycles. The van der Waals surface area contributed by atoms with Crippen molar-refractivity contribution in [1.82, 2.24) is 9.88 Å². The number of carbonyl (C=O) groups is 1. The van der Waals surface area contributed by atoms with Crippen molar-refractivity contribution in [3.05, 3.63) is 52.5 Å². The van der Waals surface area contributed by atoms with E-state index in [9.17, 15) is 4.79 Å². The first-order valence-corrected chi connectivity index (χ1v) is 9.62. The van der Waals surface area contributed by atoms with Gasteiger partial charge >= 0.3 is 0 Å². The Bertz CT molecular complexity index is 692. The third-order valence-electron chi connectivity index (χ3n) is 4.97. The highest BCUT2D eigenvalue weighted by Crippen LogP contribution is 2.35. The molecule has 0 bridgehead atoms. The summed E-state index contributed by atoms with van der Waals surface area (Å²) in [4.78, 5) is 19.7. The topological polar surface area (TPSA) is 51.7 Å². The lowest BCUT2D eigenvalue weighted by atomic mass is 10.1. The predicted molar refractivity (Wildman–Crippen MR) is 95.5 cm³/mol. The standard InChI is InChI=1S/C19H22N2O3S/c22-19(18-4-2-8-25-18)21-6-7-24-17-10-15(9-16(17)21)13-23-12-14-3-1-5-20-11-14/h1-5,8,11,15-17H,6-7,9-10,12-13H2/t15-,16-,17-/m1/s1. The number of hydrogen-bond acceptors (Lipinski definition) is 5. The van der Waals surface area contributed by atoms with E-state index in [0.29, 0.717) is 32.3 Å². The van der Waals surface area contributed by atoms with Crippen LogP contribution >= 0.6 is 11.3 Å². The lowest BCUT2D eigenvalue weighted by molar-refractivity contribution is -0.0448. The number of hydrogen-bond donors (Lipinski definition) is 0. The fourth-order valence-electron chi connectivity index (χ4n) is 3.81. The molecule has 25 heavy (non-hydrogen) atoms. The summed E-state index contributed by atoms with van der Waals surface area (Å²) in [5.74, 6) is 0.577. The van der Waals surface area contributed by atoms with Crippen LogP contribution in [-0.4, -0.2) is 47.7 Å². The highest BCUT2D eigenvalue weighted by Gasteiger charge is 2.43. The summed E-state index contributed by atoms with van der Waals surface area (Å²) in [6.07, 6.45) is 5.66. The van der Waals surface area contributed by atoms with Crippen molar-refractivity contribution in [3.8, 4) is 0 Å². The van der Waals surface area contributed by atoms with Crippen molar-refractivity contribution >= 4 is 17.2 Å². The Labute approximate surface area is 151 Å². The molecule has 132 valence electrons. The van der Waals surface area contributed by atoms with Crippen LogP contribution in [0.15, 0.2) is 42.0 Å². The number of fused-ring (bicyclic) bond motifs is 1. The zero-order valence-electron chi connectivity index (χ0n) is 14.0. The Morgan fingerprint density at radius 1 is 1.36 bits per heavy atom. The first-order valence-electron chi connectivity index (χ1n) is 8.74. The fraction of sp³-hybridized carbons (Fsp3) is 0.474. The minimum atomic E-state index is 0.143. The zero-order valence-corrected chi connectivity index (χ0v) is 14.9. The molecule has 1 saturated heterocycles. The van der Waals surface area contributed by atoms with Gasteiger partial charge in [-0.15, -0.1) is 11.3 Å². The van der Waals surface area contributed by atoms with Crippen molar-refractivity contribution < 1.29 is 14.3 Å². The second-order valence-electron chi connectivity index (χ2n) is 6.67. The molecular weight excluding hydrogens is 336 g/mol. The van der Waals surface area contributed by atoms with Crippen molar-refractivity contribution in [2.45, 2.75) is 31.6 Å². The van der Waals surface area contributed by atoms with E-state index >= 15 is 0 Å². The van der Waals surface area contributed by atoms with Crippen LogP contribution in [0, 0.1) is 5.92 Å². The van der Waals surface area contributed by atoms with E-state index in [4.69, 9.17) is 9.47 Å². The van der Waals surface area contributed by atoms with Crippen molar-refractivity contribution in [2.24, 2.45) is 5.92 Å². The minimum Gasteiger partial charge on any atom is -0.376 e. The highest BCUT2D eigenvalue weighted by atomic mass is 32.1. The zero-order chi connectivity index (χ0) is 17.1. The van der Waals surface area contributed by atoms with Gasteiger partial charge in [-0.25, -0.2) is 0 Å². The first kappa shape index (κ1) is 16.7. The molecule has 1 saturated carbocycles. The molecule has 3 heterocycles. The fourth-order valence-corrected chi connectivity index (χ4v) is 4.49. The molecule has 1 aliphatic carbocycles. The van der Waals surface area contributed by atoms with Crippen LogP contribution in [-0.2, 0) is 16.1 Å². The van der Waals surface area contributed by atoms with E-state index < -0.39 is 0 Å². The molecule has 2 aliphatic rings. The SMILES string of the molecule is O=C(c1cccs1)N1CCO[C@@H]2C[C@H](COCc3cccnc3)C[C@H]21. The molecular formula is C19H22N2O3S. The van der Waals surface area contributed by atoms with Gasteiger partial charge in [0, 0.05) is 18.9 Å². The summed E-state index contributed by atoms with van der Waals surface area (Å²) < 4.78 is 11.8. The quantitative estimate of drug-likeness (QED) is 0.825. The number of morpholine rings is 1. The third-order valence-corrected chi connectivity index (χ3v) is 5.83. The molecule has 5 nitrogen and oxygen atoms in total. The molecule has 3 atom stereocenters. The Morgan fingerprint density at radius 2 is 2.32 bits per heavy atom. The van der Waals surface area contributed by atoms with Gasteiger partial charge in [0.1, 0.15) is 0 Å². The van der Waals surface area contributed by atoms with Crippen LogP contribution in [0.2, 0.25) is 0 Å². The van der Waals surface area contributed by atoms with E-state index in [1.165, 1.54) is 11.3 Å². The van der Waals surface area contributed by atoms with Crippen molar-refractivity contribution in [1.29, 1.82) is 0 Å². The molecule has 2 aromatic rings. The van der Waals surface area contributed by atoms with Crippen LogP contribution in [0.3, 0.4) is 0 Å². The number of ether oxygens (including phenoxy) is 2. The maximum absolute atomic E-state index is 12.8. The Morgan fingerprint density at radius 3 is 3.12 bits per heavy atom. The molecule has 1 amide bonds. The van der Waals surface area contributed by atoms with Gasteiger partial charge in [0.05, 0.1) is 36.8 Å². The number of pyridine rings is 1. The third kappa shape index (κ3) is 3.76. The first-order chi connectivity index (χ1) is 12.3.